The number of aromatic carboxylic acids is 1. The molecule has 0 saturated heterocycles. The minimum atomic E-state index is -1.19. The summed E-state index contributed by atoms with van der Waals surface area (Å²) in [6.07, 6.45) is 0. The van der Waals surface area contributed by atoms with Crippen molar-refractivity contribution in [1.82, 2.24) is 9.78 Å². The van der Waals surface area contributed by atoms with Crippen molar-refractivity contribution in [3.63, 3.8) is 0 Å². The van der Waals surface area contributed by atoms with Crippen LogP contribution in [0.15, 0.2) is 41.2 Å². The average Bonchev–Trinajstić information content (AvgIpc) is 2.39. The molecule has 0 amide bonds. The van der Waals surface area contributed by atoms with Crippen LogP contribution in [0.4, 0.5) is 0 Å². The maximum atomic E-state index is 11.7. The summed E-state index contributed by atoms with van der Waals surface area (Å²) >= 11 is 0. The van der Waals surface area contributed by atoms with E-state index < -0.39 is 11.5 Å². The molecule has 6 heteroatoms. The molecule has 2 aromatic rings. The van der Waals surface area contributed by atoms with Crippen LogP contribution in [-0.2, 0) is 0 Å². The average molecular weight is 246 g/mol. The molecule has 0 bridgehead atoms. The van der Waals surface area contributed by atoms with Crippen molar-refractivity contribution in [3.05, 3.63) is 52.4 Å². The van der Waals surface area contributed by atoms with Gasteiger partial charge in [-0.05, 0) is 18.2 Å². The van der Waals surface area contributed by atoms with Gasteiger partial charge in [-0.3, -0.25) is 4.79 Å². The molecule has 0 radical (unpaired) electrons. The van der Waals surface area contributed by atoms with Crippen LogP contribution in [0.5, 0.6) is 5.75 Å². The Balaban J connectivity index is 2.58. The zero-order chi connectivity index (χ0) is 13.1. The lowest BCUT2D eigenvalue weighted by molar-refractivity contribution is 0.0688. The number of methoxy groups -OCH3 is 1. The molecule has 1 aromatic heterocycles. The van der Waals surface area contributed by atoms with Gasteiger partial charge in [0.25, 0.3) is 5.56 Å². The molecule has 0 saturated carbocycles. The summed E-state index contributed by atoms with van der Waals surface area (Å²) in [5.74, 6) is -0.631. The molecular weight excluding hydrogens is 236 g/mol. The fourth-order valence-corrected chi connectivity index (χ4v) is 1.45. The molecule has 0 atom stereocenters. The summed E-state index contributed by atoms with van der Waals surface area (Å²) in [6.45, 7) is 0. The predicted octanol–water partition coefficient (Wildman–Crippen LogP) is 0.939. The molecular formula is C12H10N2O4. The van der Waals surface area contributed by atoms with Gasteiger partial charge in [0.1, 0.15) is 5.75 Å². The van der Waals surface area contributed by atoms with Crippen LogP contribution in [0.3, 0.4) is 0 Å². The van der Waals surface area contributed by atoms with Gasteiger partial charge < -0.3 is 9.84 Å². The smallest absolute Gasteiger partial charge is 0.356 e. The number of benzene rings is 1. The van der Waals surface area contributed by atoms with E-state index in [1.807, 2.05) is 0 Å². The number of rotatable bonds is 3. The second-order valence-corrected chi connectivity index (χ2v) is 3.48. The predicted molar refractivity (Wildman–Crippen MR) is 63.3 cm³/mol. The van der Waals surface area contributed by atoms with Crippen LogP contribution in [0.2, 0.25) is 0 Å². The largest absolute Gasteiger partial charge is 0.497 e. The van der Waals surface area contributed by atoms with Gasteiger partial charge >= 0.3 is 5.97 Å². The highest BCUT2D eigenvalue weighted by Crippen LogP contribution is 2.14. The lowest BCUT2D eigenvalue weighted by Gasteiger charge is -2.06. The summed E-state index contributed by atoms with van der Waals surface area (Å²) < 4.78 is 6.05. The number of carboxylic acid groups (broad SMARTS) is 1. The quantitative estimate of drug-likeness (QED) is 0.871. The SMILES string of the molecule is COc1cccc(-n2nc(C(=O)O)ccc2=O)c1. The lowest BCUT2D eigenvalue weighted by Crippen LogP contribution is -2.22. The van der Waals surface area contributed by atoms with E-state index in [-0.39, 0.29) is 5.69 Å². The molecule has 0 aliphatic carbocycles. The van der Waals surface area contributed by atoms with Crippen LogP contribution >= 0.6 is 0 Å². The monoisotopic (exact) mass is 246 g/mol. The maximum Gasteiger partial charge on any atom is 0.356 e. The van der Waals surface area contributed by atoms with Crippen LogP contribution in [-0.4, -0.2) is 28.0 Å². The Kier molecular flexibility index (Phi) is 3.09. The summed E-state index contributed by atoms with van der Waals surface area (Å²) in [7, 11) is 1.50. The van der Waals surface area contributed by atoms with Crippen LogP contribution in [0.1, 0.15) is 10.5 Å². The highest BCUT2D eigenvalue weighted by Gasteiger charge is 2.09. The fourth-order valence-electron chi connectivity index (χ4n) is 1.45. The topological polar surface area (TPSA) is 81.4 Å². The number of aromatic nitrogens is 2. The van der Waals surface area contributed by atoms with Crippen molar-refractivity contribution in [2.24, 2.45) is 0 Å². The van der Waals surface area contributed by atoms with Gasteiger partial charge in [-0.15, -0.1) is 0 Å². The molecule has 18 heavy (non-hydrogen) atoms. The van der Waals surface area contributed by atoms with Crippen molar-refractivity contribution in [2.45, 2.75) is 0 Å². The first-order valence-electron chi connectivity index (χ1n) is 5.10. The highest BCUT2D eigenvalue weighted by atomic mass is 16.5. The Morgan fingerprint density at radius 1 is 1.33 bits per heavy atom. The first-order valence-corrected chi connectivity index (χ1v) is 5.10. The van der Waals surface area contributed by atoms with E-state index in [1.165, 1.54) is 13.2 Å². The summed E-state index contributed by atoms with van der Waals surface area (Å²) in [6, 6.07) is 8.98. The number of hydrogen-bond donors (Lipinski definition) is 1. The van der Waals surface area contributed by atoms with Gasteiger partial charge in [0.15, 0.2) is 5.69 Å². The molecule has 0 fully saturated rings. The van der Waals surface area contributed by atoms with Gasteiger partial charge in [0.05, 0.1) is 12.8 Å². The van der Waals surface area contributed by atoms with E-state index in [4.69, 9.17) is 9.84 Å². The molecule has 0 aliphatic rings. The molecule has 2 rings (SSSR count). The fraction of sp³-hybridized carbons (Fsp3) is 0.0833. The minimum absolute atomic E-state index is 0.197. The molecule has 0 aliphatic heterocycles. The van der Waals surface area contributed by atoms with E-state index in [2.05, 4.69) is 5.10 Å². The Morgan fingerprint density at radius 2 is 2.11 bits per heavy atom. The Hall–Kier alpha value is -2.63. The van der Waals surface area contributed by atoms with Gasteiger partial charge in [0, 0.05) is 12.1 Å². The van der Waals surface area contributed by atoms with E-state index in [0.29, 0.717) is 11.4 Å². The molecule has 92 valence electrons. The molecule has 1 N–H and O–H groups in total. The van der Waals surface area contributed by atoms with Gasteiger partial charge in [-0.1, -0.05) is 6.07 Å². The Labute approximate surface area is 102 Å². The van der Waals surface area contributed by atoms with Crippen molar-refractivity contribution in [3.8, 4) is 11.4 Å². The Morgan fingerprint density at radius 3 is 2.78 bits per heavy atom. The number of carbonyl (C=O) groups is 1. The van der Waals surface area contributed by atoms with Crippen molar-refractivity contribution in [2.75, 3.05) is 7.11 Å². The van der Waals surface area contributed by atoms with Gasteiger partial charge in [-0.25, -0.2) is 4.79 Å². The molecule has 1 aromatic carbocycles. The molecule has 0 spiro atoms. The third-order valence-electron chi connectivity index (χ3n) is 2.32. The van der Waals surface area contributed by atoms with Crippen molar-refractivity contribution < 1.29 is 14.6 Å². The van der Waals surface area contributed by atoms with Crippen LogP contribution in [0.25, 0.3) is 5.69 Å². The highest BCUT2D eigenvalue weighted by molar-refractivity contribution is 5.84. The molecule has 0 unspecified atom stereocenters. The van der Waals surface area contributed by atoms with E-state index >= 15 is 0 Å². The Bertz CT molecular complexity index is 649. The van der Waals surface area contributed by atoms with E-state index in [1.54, 1.807) is 24.3 Å². The third kappa shape index (κ3) is 2.22. The van der Waals surface area contributed by atoms with E-state index in [9.17, 15) is 9.59 Å². The first kappa shape index (κ1) is 11.8. The van der Waals surface area contributed by atoms with Gasteiger partial charge in [-0.2, -0.15) is 9.78 Å². The number of carboxylic acids is 1. The number of hydrogen-bond acceptors (Lipinski definition) is 4. The zero-order valence-electron chi connectivity index (χ0n) is 9.53. The summed E-state index contributed by atoms with van der Waals surface area (Å²) in [4.78, 5) is 22.5. The first-order chi connectivity index (χ1) is 8.61. The van der Waals surface area contributed by atoms with E-state index in [0.717, 1.165) is 10.7 Å². The van der Waals surface area contributed by atoms with Crippen molar-refractivity contribution >= 4 is 5.97 Å². The molecule has 1 heterocycles. The van der Waals surface area contributed by atoms with Crippen LogP contribution < -0.4 is 10.3 Å². The maximum absolute atomic E-state index is 11.7. The normalized spacial score (nSPS) is 10.1. The second kappa shape index (κ2) is 4.70. The minimum Gasteiger partial charge on any atom is -0.497 e. The third-order valence-corrected chi connectivity index (χ3v) is 2.32. The number of nitrogens with zero attached hydrogens (tertiary/aromatic N) is 2. The van der Waals surface area contributed by atoms with Crippen LogP contribution in [0, 0.1) is 0 Å². The summed E-state index contributed by atoms with van der Waals surface area (Å²) in [5, 5.41) is 12.6. The van der Waals surface area contributed by atoms with Crippen molar-refractivity contribution in [1.29, 1.82) is 0 Å². The lowest BCUT2D eigenvalue weighted by atomic mass is 10.3. The number of ether oxygens (including phenoxy) is 1. The standard InChI is InChI=1S/C12H10N2O4/c1-18-9-4-2-3-8(7-9)14-11(15)6-5-10(13-14)12(16)17/h2-7H,1H3,(H,16,17). The second-order valence-electron chi connectivity index (χ2n) is 3.48. The van der Waals surface area contributed by atoms with Gasteiger partial charge in [0.2, 0.25) is 0 Å². The zero-order valence-corrected chi connectivity index (χ0v) is 9.53. The molecule has 6 nitrogen and oxygen atoms in total. The summed E-state index contributed by atoms with van der Waals surface area (Å²) in [5.41, 5.74) is -0.159.